The van der Waals surface area contributed by atoms with Gasteiger partial charge >= 0.3 is 0 Å². The molecule has 15 heteroatoms. The van der Waals surface area contributed by atoms with E-state index in [-0.39, 0.29) is 50.5 Å². The lowest BCUT2D eigenvalue weighted by atomic mass is 10.1. The molecule has 0 saturated carbocycles. The molecule has 3 aromatic rings. The zero-order chi connectivity index (χ0) is 24.0. The molecule has 0 spiro atoms. The Labute approximate surface area is 195 Å². The number of alkyl halides is 2. The van der Waals surface area contributed by atoms with Gasteiger partial charge in [-0.2, -0.15) is 4.52 Å². The molecule has 4 rings (SSSR count). The van der Waals surface area contributed by atoms with Crippen LogP contribution in [0, 0.1) is 0 Å². The summed E-state index contributed by atoms with van der Waals surface area (Å²) in [4.78, 5) is 20.7. The van der Waals surface area contributed by atoms with Crippen LogP contribution in [-0.2, 0) is 9.84 Å². The van der Waals surface area contributed by atoms with Gasteiger partial charge in [-0.15, -0.1) is 5.10 Å². The maximum Gasteiger partial charge on any atom is 0.273 e. The lowest BCUT2D eigenvalue weighted by Crippen LogP contribution is -2.63. The van der Waals surface area contributed by atoms with Crippen LogP contribution in [0.1, 0.15) is 17.4 Å². The van der Waals surface area contributed by atoms with E-state index in [0.29, 0.717) is 0 Å². The number of hydrogen-bond donors (Lipinski definition) is 1. The molecule has 176 valence electrons. The van der Waals surface area contributed by atoms with Crippen molar-refractivity contribution < 1.29 is 31.5 Å². The summed E-state index contributed by atoms with van der Waals surface area (Å²) in [5.41, 5.74) is -0.856. The second-order valence-electron chi connectivity index (χ2n) is 7.50. The number of amides is 1. The van der Waals surface area contributed by atoms with Gasteiger partial charge in [0.05, 0.1) is 22.1 Å². The summed E-state index contributed by atoms with van der Waals surface area (Å²) < 4.78 is 59.6. The lowest BCUT2D eigenvalue weighted by Gasteiger charge is -2.38. The molecule has 1 aliphatic rings. The van der Waals surface area contributed by atoms with Gasteiger partial charge in [0.25, 0.3) is 18.2 Å². The number of carbonyl (C=O) groups excluding carboxylic acids is 1. The van der Waals surface area contributed by atoms with Crippen LogP contribution in [0.5, 0.6) is 17.5 Å². The van der Waals surface area contributed by atoms with E-state index in [1.165, 1.54) is 24.4 Å². The number of fused-ring (bicyclic) bond motifs is 1. The molecule has 0 radical (unpaired) electrons. The van der Waals surface area contributed by atoms with E-state index in [4.69, 9.17) is 32.7 Å². The van der Waals surface area contributed by atoms with Gasteiger partial charge in [-0.3, -0.25) is 4.79 Å². The SMILES string of the molecule is CC1(NC(=O)c2nc3ccc(Oc4ncc(Cl)cc4OCC(F)F)nn3c2Cl)CS(=O)(=O)C1. The summed E-state index contributed by atoms with van der Waals surface area (Å²) in [6.45, 7) is 0.712. The van der Waals surface area contributed by atoms with Gasteiger partial charge in [0.15, 0.2) is 32.1 Å². The molecule has 0 atom stereocenters. The minimum absolute atomic E-state index is 0.0532. The average Bonchev–Trinajstić information content (AvgIpc) is 3.02. The zero-order valence-corrected chi connectivity index (χ0v) is 19.1. The first-order chi connectivity index (χ1) is 15.4. The third-order valence-corrected chi connectivity index (χ3v) is 7.16. The van der Waals surface area contributed by atoms with Gasteiger partial charge < -0.3 is 14.8 Å². The van der Waals surface area contributed by atoms with Crippen LogP contribution in [0.25, 0.3) is 5.65 Å². The molecule has 1 aliphatic heterocycles. The van der Waals surface area contributed by atoms with Crippen LogP contribution in [0.3, 0.4) is 0 Å². The van der Waals surface area contributed by atoms with E-state index in [9.17, 15) is 22.0 Å². The Balaban J connectivity index is 1.57. The topological polar surface area (TPSA) is 125 Å². The number of pyridine rings is 1. The summed E-state index contributed by atoms with van der Waals surface area (Å²) >= 11 is 12.1. The highest BCUT2D eigenvalue weighted by Gasteiger charge is 2.46. The normalized spacial score (nSPS) is 16.4. The summed E-state index contributed by atoms with van der Waals surface area (Å²) in [7, 11) is -3.17. The quantitative estimate of drug-likeness (QED) is 0.503. The molecule has 0 bridgehead atoms. The van der Waals surface area contributed by atoms with Crippen LogP contribution in [0.2, 0.25) is 10.2 Å². The van der Waals surface area contributed by atoms with E-state index in [0.717, 1.165) is 4.52 Å². The molecule has 0 aliphatic carbocycles. The number of rotatable bonds is 7. The Morgan fingerprint density at radius 1 is 1.33 bits per heavy atom. The fourth-order valence-corrected chi connectivity index (χ4v) is 5.66. The number of halogens is 4. The van der Waals surface area contributed by atoms with Gasteiger partial charge in [0.1, 0.15) is 6.61 Å². The Morgan fingerprint density at radius 3 is 2.73 bits per heavy atom. The highest BCUT2D eigenvalue weighted by molar-refractivity contribution is 7.93. The predicted octanol–water partition coefficient (Wildman–Crippen LogP) is 2.78. The second-order valence-corrected chi connectivity index (χ2v) is 10.4. The molecule has 33 heavy (non-hydrogen) atoms. The van der Waals surface area contributed by atoms with Crippen LogP contribution >= 0.6 is 23.2 Å². The Kier molecular flexibility index (Phi) is 6.05. The van der Waals surface area contributed by atoms with Crippen molar-refractivity contribution in [1.29, 1.82) is 0 Å². The smallest absolute Gasteiger partial charge is 0.273 e. The first kappa shape index (κ1) is 23.4. The summed E-state index contributed by atoms with van der Waals surface area (Å²) in [6.07, 6.45) is -1.48. The fourth-order valence-electron chi connectivity index (χ4n) is 3.26. The summed E-state index contributed by atoms with van der Waals surface area (Å²) in [5, 5.41) is 6.76. The number of ether oxygens (including phenoxy) is 2. The van der Waals surface area contributed by atoms with Gasteiger partial charge in [-0.1, -0.05) is 23.2 Å². The molecule has 1 saturated heterocycles. The number of nitrogens with zero attached hydrogens (tertiary/aromatic N) is 4. The van der Waals surface area contributed by atoms with Crippen molar-refractivity contribution in [3.8, 4) is 17.5 Å². The third-order valence-electron chi connectivity index (χ3n) is 4.46. The first-order valence-electron chi connectivity index (χ1n) is 9.27. The van der Waals surface area contributed by atoms with Gasteiger partial charge in [0.2, 0.25) is 5.88 Å². The van der Waals surface area contributed by atoms with E-state index >= 15 is 0 Å². The minimum Gasteiger partial charge on any atom is -0.482 e. The van der Waals surface area contributed by atoms with Gasteiger partial charge in [-0.25, -0.2) is 27.2 Å². The van der Waals surface area contributed by atoms with E-state index < -0.39 is 34.3 Å². The molecule has 1 N–H and O–H groups in total. The molecule has 1 amide bonds. The van der Waals surface area contributed by atoms with E-state index in [2.05, 4.69) is 20.4 Å². The Bertz CT molecular complexity index is 1340. The van der Waals surface area contributed by atoms with Crippen LogP contribution in [-0.4, -0.2) is 64.0 Å². The largest absolute Gasteiger partial charge is 0.482 e. The Hall–Kier alpha value is -2.77. The van der Waals surface area contributed by atoms with Crippen molar-refractivity contribution in [3.63, 3.8) is 0 Å². The third kappa shape index (κ3) is 5.09. The summed E-state index contributed by atoms with van der Waals surface area (Å²) in [5.74, 6) is -1.37. The molecule has 1 fully saturated rings. The van der Waals surface area contributed by atoms with Crippen molar-refractivity contribution in [2.75, 3.05) is 18.1 Å². The van der Waals surface area contributed by atoms with Crippen LogP contribution in [0.15, 0.2) is 24.4 Å². The molecular formula is C18H15Cl2F2N5O5S. The first-order valence-corrected chi connectivity index (χ1v) is 11.8. The Morgan fingerprint density at radius 2 is 2.06 bits per heavy atom. The van der Waals surface area contributed by atoms with Gasteiger partial charge in [-0.05, 0) is 13.0 Å². The van der Waals surface area contributed by atoms with Crippen LogP contribution < -0.4 is 14.8 Å². The number of imidazole rings is 1. The maximum atomic E-state index is 12.6. The monoisotopic (exact) mass is 521 g/mol. The molecule has 4 heterocycles. The van der Waals surface area contributed by atoms with E-state index in [1.807, 2.05) is 0 Å². The standard InChI is InChI=1S/C18H15Cl2F2N5O5S/c1-18(7-33(29,30)8-18)25-16(28)14-15(20)27-12(24-14)2-3-13(26-27)32-17-10(31-6-11(21)22)4-9(19)5-23-17/h2-5,11H,6-8H2,1H3,(H,25,28). The number of nitrogens with one attached hydrogen (secondary N) is 1. The van der Waals surface area contributed by atoms with Crippen molar-refractivity contribution in [2.24, 2.45) is 0 Å². The number of sulfone groups is 1. The van der Waals surface area contributed by atoms with Crippen molar-refractivity contribution in [3.05, 3.63) is 40.3 Å². The number of aromatic nitrogens is 4. The summed E-state index contributed by atoms with van der Waals surface area (Å²) in [6, 6.07) is 4.11. The zero-order valence-electron chi connectivity index (χ0n) is 16.8. The maximum absolute atomic E-state index is 12.6. The van der Waals surface area contributed by atoms with Crippen molar-refractivity contribution in [2.45, 2.75) is 18.9 Å². The minimum atomic E-state index is -3.17. The molecule has 3 aromatic heterocycles. The van der Waals surface area contributed by atoms with Gasteiger partial charge in [0, 0.05) is 18.3 Å². The van der Waals surface area contributed by atoms with Crippen molar-refractivity contribution in [1.82, 2.24) is 24.9 Å². The molecule has 10 nitrogen and oxygen atoms in total. The highest BCUT2D eigenvalue weighted by Crippen LogP contribution is 2.32. The predicted molar refractivity (Wildman–Crippen MR) is 113 cm³/mol. The fraction of sp³-hybridized carbons (Fsp3) is 0.333. The van der Waals surface area contributed by atoms with Crippen LogP contribution in [0.4, 0.5) is 8.78 Å². The lowest BCUT2D eigenvalue weighted by molar-refractivity contribution is 0.0803. The van der Waals surface area contributed by atoms with Crippen molar-refractivity contribution >= 4 is 44.6 Å². The molecule has 0 aromatic carbocycles. The molecular weight excluding hydrogens is 507 g/mol. The average molecular weight is 522 g/mol. The second kappa shape index (κ2) is 8.54. The highest BCUT2D eigenvalue weighted by atomic mass is 35.5. The number of hydrogen-bond acceptors (Lipinski definition) is 8. The van der Waals surface area contributed by atoms with E-state index in [1.54, 1.807) is 6.92 Å². The number of carbonyl (C=O) groups is 1. The molecule has 0 unspecified atom stereocenters.